The Balaban J connectivity index is 1.60. The van der Waals surface area contributed by atoms with Gasteiger partial charge in [0.15, 0.2) is 11.5 Å². The molecule has 3 aliphatic rings. The molecule has 2 aromatic carbocycles. The van der Waals surface area contributed by atoms with Crippen molar-refractivity contribution in [2.75, 3.05) is 6.79 Å². The normalized spacial score (nSPS) is 26.4. The minimum Gasteiger partial charge on any atom is -0.454 e. The molecule has 0 radical (unpaired) electrons. The van der Waals surface area contributed by atoms with Gasteiger partial charge in [-0.05, 0) is 41.2 Å². The number of ether oxygens (including phenoxy) is 2. The van der Waals surface area contributed by atoms with E-state index >= 15 is 0 Å². The molecule has 1 aliphatic carbocycles. The number of hydrogen-bond donors (Lipinski definition) is 1. The third kappa shape index (κ3) is 2.22. The number of carbonyl (C=O) groups is 1. The van der Waals surface area contributed by atoms with Crippen LogP contribution < -0.4 is 14.8 Å². The molecule has 0 saturated carbocycles. The second-order valence-electron chi connectivity index (χ2n) is 6.87. The first kappa shape index (κ1) is 14.5. The third-order valence-electron chi connectivity index (χ3n) is 5.39. The van der Waals surface area contributed by atoms with Crippen LogP contribution in [0.1, 0.15) is 42.0 Å². The Morgan fingerprint density at radius 2 is 1.96 bits per heavy atom. The monoisotopic (exact) mass is 334 g/mol. The first-order valence-electron chi connectivity index (χ1n) is 8.58. The lowest BCUT2D eigenvalue weighted by molar-refractivity contribution is 0.174. The fourth-order valence-corrected chi connectivity index (χ4v) is 4.21. The number of benzene rings is 2. The fraction of sp³-hybridized carbons (Fsp3) is 0.300. The average molecular weight is 334 g/mol. The summed E-state index contributed by atoms with van der Waals surface area (Å²) in [5.74, 6) is 2.07. The average Bonchev–Trinajstić information content (AvgIpc) is 3.10. The van der Waals surface area contributed by atoms with Gasteiger partial charge in [-0.15, -0.1) is 0 Å². The van der Waals surface area contributed by atoms with E-state index in [0.717, 1.165) is 34.8 Å². The molecular formula is C20H18N2O3. The Bertz CT molecular complexity index is 906. The van der Waals surface area contributed by atoms with Crippen LogP contribution in [0.25, 0.3) is 0 Å². The second-order valence-corrected chi connectivity index (χ2v) is 6.87. The summed E-state index contributed by atoms with van der Waals surface area (Å²) in [5.41, 5.74) is 4.31. The Kier molecular flexibility index (Phi) is 3.10. The maximum absolute atomic E-state index is 12.3. The number of urea groups is 1. The molecule has 5 rings (SSSR count). The lowest BCUT2D eigenvalue weighted by Gasteiger charge is -2.38. The van der Waals surface area contributed by atoms with E-state index in [1.165, 1.54) is 5.56 Å². The fourth-order valence-electron chi connectivity index (χ4n) is 4.21. The van der Waals surface area contributed by atoms with Crippen molar-refractivity contribution in [2.45, 2.75) is 25.3 Å². The molecule has 126 valence electrons. The minimum absolute atomic E-state index is 0.106. The first-order chi connectivity index (χ1) is 12.2. The van der Waals surface area contributed by atoms with E-state index in [-0.39, 0.29) is 24.8 Å². The number of rotatable bonds is 1. The van der Waals surface area contributed by atoms with Crippen molar-refractivity contribution in [3.8, 4) is 11.5 Å². The Labute approximate surface area is 145 Å². The van der Waals surface area contributed by atoms with Crippen LogP contribution in [0.3, 0.4) is 0 Å². The Hall–Kier alpha value is -2.82. The van der Waals surface area contributed by atoms with Gasteiger partial charge in [0.1, 0.15) is 0 Å². The van der Waals surface area contributed by atoms with Gasteiger partial charge in [-0.2, -0.15) is 4.99 Å². The van der Waals surface area contributed by atoms with E-state index in [4.69, 9.17) is 9.47 Å². The van der Waals surface area contributed by atoms with Gasteiger partial charge in [0.05, 0.1) is 11.8 Å². The van der Waals surface area contributed by atoms with Crippen LogP contribution in [-0.4, -0.2) is 18.5 Å². The van der Waals surface area contributed by atoms with Gasteiger partial charge < -0.3 is 14.8 Å². The zero-order valence-electron chi connectivity index (χ0n) is 13.9. The van der Waals surface area contributed by atoms with Crippen LogP contribution in [0.15, 0.2) is 47.5 Å². The summed E-state index contributed by atoms with van der Waals surface area (Å²) >= 11 is 0. The molecule has 0 spiro atoms. The van der Waals surface area contributed by atoms with Gasteiger partial charge in [-0.25, -0.2) is 4.79 Å². The second kappa shape index (κ2) is 5.34. The van der Waals surface area contributed by atoms with E-state index in [9.17, 15) is 4.79 Å². The third-order valence-corrected chi connectivity index (χ3v) is 5.39. The molecule has 0 aromatic heterocycles. The lowest BCUT2D eigenvalue weighted by Crippen LogP contribution is -2.43. The van der Waals surface area contributed by atoms with Crippen molar-refractivity contribution in [2.24, 2.45) is 10.9 Å². The maximum Gasteiger partial charge on any atom is 0.341 e. The SMILES string of the molecule is CC1CC2C(=NC(=O)NC2c2ccc3c(c2)OCO3)c2ccccc21. The first-order valence-corrected chi connectivity index (χ1v) is 8.58. The molecule has 2 aliphatic heterocycles. The maximum atomic E-state index is 12.3. The molecule has 25 heavy (non-hydrogen) atoms. The number of fused-ring (bicyclic) bond motifs is 4. The van der Waals surface area contributed by atoms with E-state index in [1.807, 2.05) is 24.3 Å². The van der Waals surface area contributed by atoms with Crippen LogP contribution >= 0.6 is 0 Å². The molecule has 0 bridgehead atoms. The van der Waals surface area contributed by atoms with Crippen LogP contribution in [0.2, 0.25) is 0 Å². The molecule has 2 amide bonds. The number of carbonyl (C=O) groups excluding carboxylic acids is 1. The topological polar surface area (TPSA) is 59.9 Å². The van der Waals surface area contributed by atoms with Crippen molar-refractivity contribution in [1.82, 2.24) is 5.32 Å². The number of hydrogen-bond acceptors (Lipinski definition) is 3. The standard InChI is InChI=1S/C20H18N2O3/c1-11-8-15-18(12-6-7-16-17(9-12)25-10-24-16)21-20(23)22-19(15)14-5-3-2-4-13(11)14/h2-7,9,11,15,18H,8,10H2,1H3,(H,21,23). The zero-order chi connectivity index (χ0) is 17.0. The Morgan fingerprint density at radius 1 is 1.12 bits per heavy atom. The van der Waals surface area contributed by atoms with Crippen LogP contribution in [-0.2, 0) is 0 Å². The van der Waals surface area contributed by atoms with E-state index < -0.39 is 0 Å². The Morgan fingerprint density at radius 3 is 2.88 bits per heavy atom. The quantitative estimate of drug-likeness (QED) is 0.863. The van der Waals surface area contributed by atoms with E-state index in [2.05, 4.69) is 35.4 Å². The van der Waals surface area contributed by atoms with Crippen molar-refractivity contribution in [3.63, 3.8) is 0 Å². The van der Waals surface area contributed by atoms with Gasteiger partial charge >= 0.3 is 6.03 Å². The zero-order valence-corrected chi connectivity index (χ0v) is 13.9. The molecule has 5 heteroatoms. The summed E-state index contributed by atoms with van der Waals surface area (Å²) in [6.45, 7) is 2.49. The van der Waals surface area contributed by atoms with Crippen molar-refractivity contribution in [1.29, 1.82) is 0 Å². The number of amides is 2. The van der Waals surface area contributed by atoms with Gasteiger partial charge in [-0.3, -0.25) is 0 Å². The molecule has 3 unspecified atom stereocenters. The lowest BCUT2D eigenvalue weighted by atomic mass is 9.71. The van der Waals surface area contributed by atoms with Crippen molar-refractivity contribution < 1.29 is 14.3 Å². The summed E-state index contributed by atoms with van der Waals surface area (Å²) in [5, 5.41) is 3.05. The number of aliphatic imine (C=N–C) groups is 1. The van der Waals surface area contributed by atoms with Crippen molar-refractivity contribution in [3.05, 3.63) is 59.2 Å². The highest BCUT2D eigenvalue weighted by Crippen LogP contribution is 2.44. The predicted octanol–water partition coefficient (Wildman–Crippen LogP) is 3.79. The molecule has 2 aromatic rings. The van der Waals surface area contributed by atoms with E-state index in [0.29, 0.717) is 5.92 Å². The van der Waals surface area contributed by atoms with Gasteiger partial charge in [0.2, 0.25) is 6.79 Å². The van der Waals surface area contributed by atoms with Gasteiger partial charge in [0, 0.05) is 5.92 Å². The number of nitrogens with one attached hydrogen (secondary N) is 1. The minimum atomic E-state index is -0.279. The summed E-state index contributed by atoms with van der Waals surface area (Å²) in [6.07, 6.45) is 0.954. The molecule has 0 saturated heterocycles. The highest BCUT2D eigenvalue weighted by Gasteiger charge is 2.39. The molecule has 2 heterocycles. The van der Waals surface area contributed by atoms with Crippen LogP contribution in [0.4, 0.5) is 4.79 Å². The molecule has 5 nitrogen and oxygen atoms in total. The summed E-state index contributed by atoms with van der Waals surface area (Å²) in [7, 11) is 0. The number of nitrogens with zero attached hydrogens (tertiary/aromatic N) is 1. The summed E-state index contributed by atoms with van der Waals surface area (Å²) in [6, 6.07) is 13.8. The molecule has 0 fully saturated rings. The molecule has 1 N–H and O–H groups in total. The van der Waals surface area contributed by atoms with Gasteiger partial charge in [0.25, 0.3) is 0 Å². The highest BCUT2D eigenvalue weighted by molar-refractivity contribution is 6.11. The summed E-state index contributed by atoms with van der Waals surface area (Å²) < 4.78 is 10.9. The largest absolute Gasteiger partial charge is 0.454 e. The molecular weight excluding hydrogens is 316 g/mol. The predicted molar refractivity (Wildman–Crippen MR) is 93.3 cm³/mol. The smallest absolute Gasteiger partial charge is 0.341 e. The van der Waals surface area contributed by atoms with Crippen molar-refractivity contribution >= 4 is 11.7 Å². The van der Waals surface area contributed by atoms with Crippen LogP contribution in [0.5, 0.6) is 11.5 Å². The van der Waals surface area contributed by atoms with Crippen LogP contribution in [0, 0.1) is 5.92 Å². The highest BCUT2D eigenvalue weighted by atomic mass is 16.7. The van der Waals surface area contributed by atoms with E-state index in [1.54, 1.807) is 0 Å². The van der Waals surface area contributed by atoms with Gasteiger partial charge in [-0.1, -0.05) is 37.3 Å². The summed E-state index contributed by atoms with van der Waals surface area (Å²) in [4.78, 5) is 16.6. The molecule has 3 atom stereocenters.